The highest BCUT2D eigenvalue weighted by molar-refractivity contribution is 5.85. The first-order valence-electron chi connectivity index (χ1n) is 6.70. The Morgan fingerprint density at radius 2 is 1.86 bits per heavy atom. The number of phenols is 1. The number of benzene rings is 2. The molecule has 106 valence electrons. The van der Waals surface area contributed by atoms with Crippen molar-refractivity contribution < 1.29 is 9.50 Å². The van der Waals surface area contributed by atoms with E-state index in [0.717, 1.165) is 5.39 Å². The molecule has 0 amide bonds. The van der Waals surface area contributed by atoms with Crippen molar-refractivity contribution >= 4 is 10.9 Å². The largest absolute Gasteiger partial charge is 0.505 e. The van der Waals surface area contributed by atoms with Crippen LogP contribution in [0.25, 0.3) is 10.9 Å². The summed E-state index contributed by atoms with van der Waals surface area (Å²) in [5.74, 6) is -0.229. The van der Waals surface area contributed by atoms with Gasteiger partial charge in [-0.25, -0.2) is 4.39 Å². The molecule has 0 aliphatic rings. The van der Waals surface area contributed by atoms with Crippen molar-refractivity contribution in [3.05, 3.63) is 71.7 Å². The van der Waals surface area contributed by atoms with E-state index >= 15 is 0 Å². The molecule has 4 heteroatoms. The molecule has 0 spiro atoms. The predicted octanol–water partition coefficient (Wildman–Crippen LogP) is 3.39. The van der Waals surface area contributed by atoms with Crippen molar-refractivity contribution in [1.29, 1.82) is 0 Å². The van der Waals surface area contributed by atoms with Crippen molar-refractivity contribution in [3.63, 3.8) is 0 Å². The molecule has 0 aliphatic carbocycles. The molecule has 1 atom stereocenters. The van der Waals surface area contributed by atoms with Crippen LogP contribution in [0.5, 0.6) is 5.75 Å². The number of aromatic nitrogens is 1. The molecule has 0 bridgehead atoms. The molecular weight excluding hydrogens is 267 g/mol. The van der Waals surface area contributed by atoms with Crippen LogP contribution in [0.1, 0.15) is 17.2 Å². The average Bonchev–Trinajstić information content (AvgIpc) is 2.52. The van der Waals surface area contributed by atoms with Gasteiger partial charge in [0.15, 0.2) is 0 Å². The summed E-state index contributed by atoms with van der Waals surface area (Å²) in [6.45, 7) is 0. The molecule has 3 rings (SSSR count). The van der Waals surface area contributed by atoms with Crippen LogP contribution in [0, 0.1) is 5.82 Å². The van der Waals surface area contributed by atoms with E-state index in [1.165, 1.54) is 6.07 Å². The summed E-state index contributed by atoms with van der Waals surface area (Å²) in [5, 5.41) is 14.4. The number of halogens is 1. The number of pyridine rings is 1. The Morgan fingerprint density at radius 3 is 2.62 bits per heavy atom. The third kappa shape index (κ3) is 2.34. The van der Waals surface area contributed by atoms with Crippen LogP contribution < -0.4 is 5.32 Å². The van der Waals surface area contributed by atoms with Gasteiger partial charge in [0.25, 0.3) is 0 Å². The van der Waals surface area contributed by atoms with Crippen molar-refractivity contribution in [3.8, 4) is 5.75 Å². The minimum absolute atomic E-state index is 0.0794. The summed E-state index contributed by atoms with van der Waals surface area (Å²) in [7, 11) is 1.74. The van der Waals surface area contributed by atoms with E-state index in [4.69, 9.17) is 0 Å². The number of phenolic OH excluding ortho intramolecular Hbond substituents is 1. The third-order valence-electron chi connectivity index (χ3n) is 3.60. The summed E-state index contributed by atoms with van der Waals surface area (Å²) >= 11 is 0. The van der Waals surface area contributed by atoms with Crippen LogP contribution in [0.4, 0.5) is 4.39 Å². The second-order valence-corrected chi connectivity index (χ2v) is 4.82. The first-order chi connectivity index (χ1) is 10.2. The van der Waals surface area contributed by atoms with E-state index in [0.29, 0.717) is 16.6 Å². The van der Waals surface area contributed by atoms with Crippen LogP contribution in [-0.4, -0.2) is 17.1 Å². The van der Waals surface area contributed by atoms with Crippen molar-refractivity contribution in [2.24, 2.45) is 0 Å². The molecule has 2 N–H and O–H groups in total. The second-order valence-electron chi connectivity index (χ2n) is 4.82. The molecule has 1 heterocycles. The highest BCUT2D eigenvalue weighted by Gasteiger charge is 2.20. The molecule has 21 heavy (non-hydrogen) atoms. The Balaban J connectivity index is 2.18. The van der Waals surface area contributed by atoms with E-state index in [1.807, 2.05) is 18.2 Å². The summed E-state index contributed by atoms with van der Waals surface area (Å²) in [5.41, 5.74) is 1.62. The lowest BCUT2D eigenvalue weighted by atomic mass is 9.96. The van der Waals surface area contributed by atoms with Crippen LogP contribution in [0.3, 0.4) is 0 Å². The fourth-order valence-electron chi connectivity index (χ4n) is 2.57. The SMILES string of the molecule is CNC(c1ccccc1F)c1ccc2cccnc2c1O. The maximum Gasteiger partial charge on any atom is 0.146 e. The van der Waals surface area contributed by atoms with Gasteiger partial charge in [-0.3, -0.25) is 4.98 Å². The Hall–Kier alpha value is -2.46. The molecule has 2 aromatic carbocycles. The lowest BCUT2D eigenvalue weighted by molar-refractivity contribution is 0.463. The van der Waals surface area contributed by atoms with Gasteiger partial charge >= 0.3 is 0 Å². The van der Waals surface area contributed by atoms with Gasteiger partial charge in [0, 0.05) is 22.7 Å². The van der Waals surface area contributed by atoms with Crippen molar-refractivity contribution in [1.82, 2.24) is 10.3 Å². The van der Waals surface area contributed by atoms with Crippen LogP contribution in [0.15, 0.2) is 54.7 Å². The zero-order valence-corrected chi connectivity index (χ0v) is 11.5. The van der Waals surface area contributed by atoms with Gasteiger partial charge in [0.05, 0.1) is 6.04 Å². The highest BCUT2D eigenvalue weighted by Crippen LogP contribution is 2.34. The van der Waals surface area contributed by atoms with Gasteiger partial charge in [0.1, 0.15) is 17.1 Å². The Labute approximate surface area is 122 Å². The number of nitrogens with zero attached hydrogens (tertiary/aromatic N) is 1. The molecule has 1 unspecified atom stereocenters. The summed E-state index contributed by atoms with van der Waals surface area (Å²) < 4.78 is 14.0. The fraction of sp³-hybridized carbons (Fsp3) is 0.118. The number of hydrogen-bond acceptors (Lipinski definition) is 3. The van der Waals surface area contributed by atoms with Gasteiger partial charge in [-0.15, -0.1) is 0 Å². The van der Waals surface area contributed by atoms with E-state index in [1.54, 1.807) is 37.5 Å². The third-order valence-corrected chi connectivity index (χ3v) is 3.60. The number of fused-ring (bicyclic) bond motifs is 1. The standard InChI is InChI=1S/C17H15FN2O/c1-19-16(12-6-2-3-7-14(12)18)13-9-8-11-5-4-10-20-15(11)17(13)21/h2-10,16,19,21H,1H3. The first-order valence-corrected chi connectivity index (χ1v) is 6.70. The normalized spacial score (nSPS) is 12.5. The topological polar surface area (TPSA) is 45.2 Å². The Bertz CT molecular complexity index is 789. The summed E-state index contributed by atoms with van der Waals surface area (Å²) in [6.07, 6.45) is 1.63. The highest BCUT2D eigenvalue weighted by atomic mass is 19.1. The molecule has 3 nitrogen and oxygen atoms in total. The van der Waals surface area contributed by atoms with Crippen LogP contribution >= 0.6 is 0 Å². The average molecular weight is 282 g/mol. The number of nitrogens with one attached hydrogen (secondary N) is 1. The molecule has 1 aromatic heterocycles. The molecule has 0 saturated heterocycles. The Morgan fingerprint density at radius 1 is 1.05 bits per heavy atom. The van der Waals surface area contributed by atoms with E-state index in [2.05, 4.69) is 10.3 Å². The van der Waals surface area contributed by atoms with E-state index in [-0.39, 0.29) is 11.6 Å². The Kier molecular flexibility index (Phi) is 3.54. The summed E-state index contributed by atoms with van der Waals surface area (Å²) in [6, 6.07) is 13.5. The lowest BCUT2D eigenvalue weighted by Gasteiger charge is -2.19. The van der Waals surface area contributed by atoms with Crippen LogP contribution in [-0.2, 0) is 0 Å². The minimum atomic E-state index is -0.433. The minimum Gasteiger partial charge on any atom is -0.505 e. The molecule has 0 radical (unpaired) electrons. The number of hydrogen-bond donors (Lipinski definition) is 2. The van der Waals surface area contributed by atoms with Gasteiger partial charge in [0.2, 0.25) is 0 Å². The predicted molar refractivity (Wildman–Crippen MR) is 80.7 cm³/mol. The van der Waals surface area contributed by atoms with Gasteiger partial charge in [-0.1, -0.05) is 36.4 Å². The van der Waals surface area contributed by atoms with E-state index < -0.39 is 6.04 Å². The monoisotopic (exact) mass is 282 g/mol. The second kappa shape index (κ2) is 5.50. The maximum atomic E-state index is 14.0. The van der Waals surface area contributed by atoms with Crippen molar-refractivity contribution in [2.75, 3.05) is 7.05 Å². The fourth-order valence-corrected chi connectivity index (χ4v) is 2.57. The number of aromatic hydroxyl groups is 1. The molecular formula is C17H15FN2O. The zero-order chi connectivity index (χ0) is 14.8. The van der Waals surface area contributed by atoms with Crippen LogP contribution in [0.2, 0.25) is 0 Å². The van der Waals surface area contributed by atoms with Gasteiger partial charge < -0.3 is 10.4 Å². The number of rotatable bonds is 3. The quantitative estimate of drug-likeness (QED) is 0.774. The lowest BCUT2D eigenvalue weighted by Crippen LogP contribution is -2.19. The maximum absolute atomic E-state index is 14.0. The first kappa shape index (κ1) is 13.5. The zero-order valence-electron chi connectivity index (χ0n) is 11.5. The van der Waals surface area contributed by atoms with E-state index in [9.17, 15) is 9.50 Å². The van der Waals surface area contributed by atoms with Gasteiger partial charge in [-0.05, 0) is 19.2 Å². The molecule has 0 saturated carbocycles. The van der Waals surface area contributed by atoms with Crippen molar-refractivity contribution in [2.45, 2.75) is 6.04 Å². The molecule has 3 aromatic rings. The molecule has 0 fully saturated rings. The van der Waals surface area contributed by atoms with Gasteiger partial charge in [-0.2, -0.15) is 0 Å². The smallest absolute Gasteiger partial charge is 0.146 e. The summed E-state index contributed by atoms with van der Waals surface area (Å²) in [4.78, 5) is 4.20. The molecule has 0 aliphatic heterocycles.